The van der Waals surface area contributed by atoms with Crippen LogP contribution in [-0.4, -0.2) is 31.5 Å². The van der Waals surface area contributed by atoms with Gasteiger partial charge in [0.2, 0.25) is 0 Å². The Labute approximate surface area is 144 Å². The van der Waals surface area contributed by atoms with Crippen LogP contribution in [0.3, 0.4) is 0 Å². The van der Waals surface area contributed by atoms with E-state index in [0.29, 0.717) is 22.7 Å². The number of hydrogen-bond donors (Lipinski definition) is 2. The Balaban J connectivity index is 1.97. The number of urea groups is 1. The number of ether oxygens (including phenoxy) is 2. The molecule has 25 heavy (non-hydrogen) atoms. The minimum absolute atomic E-state index is 0.0838. The first-order valence-electron chi connectivity index (χ1n) is 7.46. The Morgan fingerprint density at radius 1 is 0.960 bits per heavy atom. The molecule has 0 saturated heterocycles. The summed E-state index contributed by atoms with van der Waals surface area (Å²) in [5.74, 6) is -0.164. The summed E-state index contributed by atoms with van der Waals surface area (Å²) < 4.78 is 9.75. The van der Waals surface area contributed by atoms with Crippen molar-refractivity contribution >= 4 is 29.2 Å². The van der Waals surface area contributed by atoms with E-state index in [1.54, 1.807) is 48.5 Å². The van der Waals surface area contributed by atoms with Gasteiger partial charge in [-0.15, -0.1) is 0 Å². The van der Waals surface area contributed by atoms with Gasteiger partial charge in [0.15, 0.2) is 12.4 Å². The number of anilines is 2. The van der Waals surface area contributed by atoms with Crippen LogP contribution in [0.25, 0.3) is 0 Å². The maximum atomic E-state index is 12.1. The zero-order chi connectivity index (χ0) is 18.2. The zero-order valence-electron chi connectivity index (χ0n) is 13.9. The fourth-order valence-corrected chi connectivity index (χ4v) is 1.97. The molecule has 7 heteroatoms. The van der Waals surface area contributed by atoms with Crippen LogP contribution in [0.2, 0.25) is 0 Å². The molecule has 0 unspecified atom stereocenters. The van der Waals surface area contributed by atoms with Crippen LogP contribution in [0.5, 0.6) is 5.75 Å². The molecule has 0 bridgehead atoms. The van der Waals surface area contributed by atoms with Gasteiger partial charge in [0, 0.05) is 23.0 Å². The SMILES string of the molecule is COC(=O)COc1cccc(NC(=O)Nc2cccc(C(C)=O)c2)c1. The molecule has 7 nitrogen and oxygen atoms in total. The Kier molecular flexibility index (Phi) is 6.11. The number of nitrogens with one attached hydrogen (secondary N) is 2. The van der Waals surface area contributed by atoms with E-state index in [-0.39, 0.29) is 12.4 Å². The van der Waals surface area contributed by atoms with E-state index in [2.05, 4.69) is 15.4 Å². The summed E-state index contributed by atoms with van der Waals surface area (Å²) in [6.45, 7) is 1.24. The Morgan fingerprint density at radius 2 is 1.60 bits per heavy atom. The zero-order valence-corrected chi connectivity index (χ0v) is 13.9. The molecule has 2 aromatic rings. The van der Waals surface area contributed by atoms with Crippen LogP contribution in [0.4, 0.5) is 16.2 Å². The van der Waals surface area contributed by atoms with Crippen LogP contribution in [0, 0.1) is 0 Å². The summed E-state index contributed by atoms with van der Waals surface area (Å²) in [7, 11) is 1.27. The van der Waals surface area contributed by atoms with Gasteiger partial charge in [0.05, 0.1) is 7.11 Å². The molecular formula is C18H18N2O5. The third-order valence-electron chi connectivity index (χ3n) is 3.20. The quantitative estimate of drug-likeness (QED) is 0.621. The van der Waals surface area contributed by atoms with Crippen molar-refractivity contribution in [3.63, 3.8) is 0 Å². The topological polar surface area (TPSA) is 93.7 Å². The molecule has 0 spiro atoms. The number of ketones is 1. The third-order valence-corrected chi connectivity index (χ3v) is 3.20. The number of hydrogen-bond acceptors (Lipinski definition) is 5. The summed E-state index contributed by atoms with van der Waals surface area (Å²) in [4.78, 5) is 34.5. The van der Waals surface area contributed by atoms with Crippen LogP contribution < -0.4 is 15.4 Å². The molecule has 0 radical (unpaired) electrons. The number of carbonyl (C=O) groups excluding carboxylic acids is 3. The molecule has 0 fully saturated rings. The highest BCUT2D eigenvalue weighted by Gasteiger charge is 2.07. The summed E-state index contributed by atoms with van der Waals surface area (Å²) in [6.07, 6.45) is 0. The molecule has 0 heterocycles. The van der Waals surface area contributed by atoms with E-state index in [1.165, 1.54) is 14.0 Å². The van der Waals surface area contributed by atoms with Crippen LogP contribution in [-0.2, 0) is 9.53 Å². The molecule has 0 aromatic heterocycles. The van der Waals surface area contributed by atoms with E-state index in [4.69, 9.17) is 4.74 Å². The second-order valence-electron chi connectivity index (χ2n) is 5.11. The van der Waals surface area contributed by atoms with Crippen molar-refractivity contribution in [3.05, 3.63) is 54.1 Å². The molecule has 2 N–H and O–H groups in total. The fourth-order valence-electron chi connectivity index (χ4n) is 1.97. The lowest BCUT2D eigenvalue weighted by Crippen LogP contribution is -2.19. The van der Waals surface area contributed by atoms with Crippen molar-refractivity contribution < 1.29 is 23.9 Å². The summed E-state index contributed by atoms with van der Waals surface area (Å²) in [6, 6.07) is 12.8. The number of esters is 1. The van der Waals surface area contributed by atoms with E-state index in [1.807, 2.05) is 0 Å². The molecular weight excluding hydrogens is 324 g/mol. The highest BCUT2D eigenvalue weighted by molar-refractivity contribution is 6.01. The normalized spacial score (nSPS) is 9.84. The van der Waals surface area contributed by atoms with E-state index >= 15 is 0 Å². The fraction of sp³-hybridized carbons (Fsp3) is 0.167. The molecule has 130 valence electrons. The molecule has 2 aromatic carbocycles. The van der Waals surface area contributed by atoms with Gasteiger partial charge in [0.25, 0.3) is 0 Å². The van der Waals surface area contributed by atoms with Gasteiger partial charge in [-0.1, -0.05) is 18.2 Å². The number of carbonyl (C=O) groups is 3. The van der Waals surface area contributed by atoms with Gasteiger partial charge in [-0.05, 0) is 31.2 Å². The van der Waals surface area contributed by atoms with E-state index in [0.717, 1.165) is 0 Å². The second kappa shape index (κ2) is 8.49. The standard InChI is InChI=1S/C18H18N2O5/c1-12(21)13-5-3-6-14(9-13)19-18(23)20-15-7-4-8-16(10-15)25-11-17(22)24-2/h3-10H,11H2,1-2H3,(H2,19,20,23). The highest BCUT2D eigenvalue weighted by atomic mass is 16.6. The summed E-state index contributed by atoms with van der Waals surface area (Å²) >= 11 is 0. The van der Waals surface area contributed by atoms with Gasteiger partial charge >= 0.3 is 12.0 Å². The first-order chi connectivity index (χ1) is 12.0. The minimum Gasteiger partial charge on any atom is -0.482 e. The van der Waals surface area contributed by atoms with Crippen molar-refractivity contribution in [2.24, 2.45) is 0 Å². The minimum atomic E-state index is -0.499. The lowest BCUT2D eigenvalue weighted by molar-refractivity contribution is -0.142. The lowest BCUT2D eigenvalue weighted by atomic mass is 10.1. The van der Waals surface area contributed by atoms with Crippen molar-refractivity contribution in [1.82, 2.24) is 0 Å². The number of benzene rings is 2. The van der Waals surface area contributed by atoms with Gasteiger partial charge in [0.1, 0.15) is 5.75 Å². The maximum Gasteiger partial charge on any atom is 0.343 e. The molecule has 0 atom stereocenters. The predicted molar refractivity (Wildman–Crippen MR) is 93.0 cm³/mol. The third kappa shape index (κ3) is 5.65. The second-order valence-corrected chi connectivity index (χ2v) is 5.11. The first kappa shape index (κ1) is 18.0. The number of rotatable bonds is 6. The van der Waals surface area contributed by atoms with E-state index < -0.39 is 12.0 Å². The average Bonchev–Trinajstić information content (AvgIpc) is 2.60. The van der Waals surface area contributed by atoms with Gasteiger partial charge in [-0.3, -0.25) is 4.79 Å². The predicted octanol–water partition coefficient (Wildman–Crippen LogP) is 3.09. The molecule has 2 rings (SSSR count). The number of amides is 2. The Hall–Kier alpha value is -3.35. The van der Waals surface area contributed by atoms with Crippen molar-refractivity contribution in [2.75, 3.05) is 24.4 Å². The lowest BCUT2D eigenvalue weighted by Gasteiger charge is -2.10. The van der Waals surface area contributed by atoms with Crippen molar-refractivity contribution in [2.45, 2.75) is 6.92 Å². The molecule has 0 saturated carbocycles. The molecule has 0 aliphatic heterocycles. The van der Waals surface area contributed by atoms with Crippen molar-refractivity contribution in [3.8, 4) is 5.75 Å². The highest BCUT2D eigenvalue weighted by Crippen LogP contribution is 2.18. The van der Waals surface area contributed by atoms with Gasteiger partial charge in [-0.25, -0.2) is 9.59 Å². The smallest absolute Gasteiger partial charge is 0.343 e. The van der Waals surface area contributed by atoms with E-state index in [9.17, 15) is 14.4 Å². The monoisotopic (exact) mass is 342 g/mol. The Morgan fingerprint density at radius 3 is 2.24 bits per heavy atom. The molecule has 0 aliphatic carbocycles. The average molecular weight is 342 g/mol. The van der Waals surface area contributed by atoms with Crippen LogP contribution in [0.1, 0.15) is 17.3 Å². The molecule has 0 aliphatic rings. The van der Waals surface area contributed by atoms with Crippen LogP contribution >= 0.6 is 0 Å². The van der Waals surface area contributed by atoms with Crippen LogP contribution in [0.15, 0.2) is 48.5 Å². The Bertz CT molecular complexity index is 789. The number of methoxy groups -OCH3 is 1. The molecule has 2 amide bonds. The first-order valence-corrected chi connectivity index (χ1v) is 7.46. The largest absolute Gasteiger partial charge is 0.482 e. The summed E-state index contributed by atoms with van der Waals surface area (Å²) in [5, 5.41) is 5.30. The summed E-state index contributed by atoms with van der Waals surface area (Å²) in [5.41, 5.74) is 1.50. The van der Waals surface area contributed by atoms with Crippen molar-refractivity contribution in [1.29, 1.82) is 0 Å². The van der Waals surface area contributed by atoms with Gasteiger partial charge < -0.3 is 20.1 Å². The maximum absolute atomic E-state index is 12.1. The number of Topliss-reactive ketones (excluding diaryl/α,β-unsaturated/α-hetero) is 1. The van der Waals surface area contributed by atoms with Gasteiger partial charge in [-0.2, -0.15) is 0 Å².